The van der Waals surface area contributed by atoms with E-state index in [0.717, 1.165) is 18.5 Å². The Balaban J connectivity index is 2.22. The van der Waals surface area contributed by atoms with Gasteiger partial charge in [-0.3, -0.25) is 4.98 Å². The van der Waals surface area contributed by atoms with E-state index in [2.05, 4.69) is 4.98 Å². The van der Waals surface area contributed by atoms with E-state index in [0.29, 0.717) is 12.5 Å². The molecule has 1 aromatic rings. The van der Waals surface area contributed by atoms with Gasteiger partial charge in [-0.05, 0) is 37.4 Å². The van der Waals surface area contributed by atoms with Crippen LogP contribution in [0, 0.1) is 5.92 Å². The van der Waals surface area contributed by atoms with Gasteiger partial charge in [0.05, 0.1) is 0 Å². The summed E-state index contributed by atoms with van der Waals surface area (Å²) in [5.41, 5.74) is 6.76. The largest absolute Gasteiger partial charge is 0.396 e. The molecule has 14 heavy (non-hydrogen) atoms. The van der Waals surface area contributed by atoms with Crippen molar-refractivity contribution in [3.05, 3.63) is 30.1 Å². The van der Waals surface area contributed by atoms with E-state index in [1.165, 1.54) is 0 Å². The molecule has 0 spiro atoms. The van der Waals surface area contributed by atoms with Gasteiger partial charge in [0.1, 0.15) is 0 Å². The van der Waals surface area contributed by atoms with E-state index >= 15 is 0 Å². The number of rotatable bonds is 4. The van der Waals surface area contributed by atoms with Crippen LogP contribution in [0.4, 0.5) is 0 Å². The zero-order chi connectivity index (χ0) is 10.0. The van der Waals surface area contributed by atoms with Gasteiger partial charge in [-0.1, -0.05) is 6.07 Å². The summed E-state index contributed by atoms with van der Waals surface area (Å²) in [6.45, 7) is 0.906. The number of hydrogen-bond acceptors (Lipinski definition) is 3. The third kappa shape index (κ3) is 1.42. The monoisotopic (exact) mass is 192 g/mol. The summed E-state index contributed by atoms with van der Waals surface area (Å²) in [6, 6.07) is 5.94. The number of aliphatic hydroxyl groups excluding tert-OH is 1. The molecular formula is C11H16N2O. The minimum Gasteiger partial charge on any atom is -0.396 e. The molecule has 2 atom stereocenters. The Kier molecular flexibility index (Phi) is 2.52. The standard InChI is InChI=1S/C11H16N2O/c12-5-4-11(7-9(11)8-14)10-3-1-2-6-13-10/h1-3,6,9,14H,4-5,7-8,12H2/t9-,11+/m1/s1. The normalized spacial score (nSPS) is 30.3. The van der Waals surface area contributed by atoms with Gasteiger partial charge < -0.3 is 10.8 Å². The van der Waals surface area contributed by atoms with E-state index < -0.39 is 0 Å². The zero-order valence-electron chi connectivity index (χ0n) is 8.19. The molecule has 0 radical (unpaired) electrons. The van der Waals surface area contributed by atoms with Crippen LogP contribution in [0.25, 0.3) is 0 Å². The van der Waals surface area contributed by atoms with Crippen LogP contribution in [0.1, 0.15) is 18.5 Å². The second kappa shape index (κ2) is 3.67. The highest BCUT2D eigenvalue weighted by atomic mass is 16.3. The first kappa shape index (κ1) is 9.62. The molecule has 0 aromatic carbocycles. The van der Waals surface area contributed by atoms with E-state index in [1.54, 1.807) is 6.20 Å². The molecule has 1 heterocycles. The first-order valence-electron chi connectivity index (χ1n) is 5.06. The van der Waals surface area contributed by atoms with Gasteiger partial charge in [0.15, 0.2) is 0 Å². The molecule has 76 valence electrons. The highest BCUT2D eigenvalue weighted by molar-refractivity contribution is 5.27. The van der Waals surface area contributed by atoms with Crippen LogP contribution >= 0.6 is 0 Å². The van der Waals surface area contributed by atoms with Crippen molar-refractivity contribution < 1.29 is 5.11 Å². The number of aliphatic hydroxyl groups is 1. The van der Waals surface area contributed by atoms with Gasteiger partial charge in [0.25, 0.3) is 0 Å². The van der Waals surface area contributed by atoms with Crippen LogP contribution in [-0.2, 0) is 5.41 Å². The average molecular weight is 192 g/mol. The fourth-order valence-corrected chi connectivity index (χ4v) is 2.28. The lowest BCUT2D eigenvalue weighted by Gasteiger charge is -2.14. The van der Waals surface area contributed by atoms with Crippen LogP contribution in [0.2, 0.25) is 0 Å². The summed E-state index contributed by atoms with van der Waals surface area (Å²) in [5.74, 6) is 0.362. The van der Waals surface area contributed by atoms with Crippen molar-refractivity contribution in [2.75, 3.05) is 13.2 Å². The smallest absolute Gasteiger partial charge is 0.0469 e. The third-order valence-corrected chi connectivity index (χ3v) is 3.22. The second-order valence-corrected chi connectivity index (χ2v) is 3.99. The predicted molar refractivity (Wildman–Crippen MR) is 54.8 cm³/mol. The second-order valence-electron chi connectivity index (χ2n) is 3.99. The highest BCUT2D eigenvalue weighted by Gasteiger charge is 2.54. The van der Waals surface area contributed by atoms with Gasteiger partial charge >= 0.3 is 0 Å². The fourth-order valence-electron chi connectivity index (χ4n) is 2.28. The summed E-state index contributed by atoms with van der Waals surface area (Å²) < 4.78 is 0. The van der Waals surface area contributed by atoms with Gasteiger partial charge in [-0.15, -0.1) is 0 Å². The average Bonchev–Trinajstić information content (AvgIpc) is 2.95. The lowest BCUT2D eigenvalue weighted by Crippen LogP contribution is -2.18. The van der Waals surface area contributed by atoms with Crippen molar-refractivity contribution >= 4 is 0 Å². The van der Waals surface area contributed by atoms with Crippen LogP contribution < -0.4 is 5.73 Å². The van der Waals surface area contributed by atoms with E-state index in [1.807, 2.05) is 18.2 Å². The number of pyridine rings is 1. The molecule has 3 nitrogen and oxygen atoms in total. The molecule has 1 aliphatic rings. The molecule has 2 rings (SSSR count). The van der Waals surface area contributed by atoms with E-state index in [4.69, 9.17) is 10.8 Å². The minimum absolute atomic E-state index is 0.0742. The maximum absolute atomic E-state index is 9.16. The molecule has 0 unspecified atom stereocenters. The third-order valence-electron chi connectivity index (χ3n) is 3.22. The number of nitrogens with two attached hydrogens (primary N) is 1. The first-order chi connectivity index (χ1) is 6.83. The molecular weight excluding hydrogens is 176 g/mol. The molecule has 1 saturated carbocycles. The van der Waals surface area contributed by atoms with Crippen molar-refractivity contribution in [2.24, 2.45) is 11.7 Å². The molecule has 3 heteroatoms. The number of aromatic nitrogens is 1. The van der Waals surface area contributed by atoms with Gasteiger partial charge in [-0.2, -0.15) is 0 Å². The first-order valence-corrected chi connectivity index (χ1v) is 5.06. The number of hydrogen-bond donors (Lipinski definition) is 2. The van der Waals surface area contributed by atoms with Crippen LogP contribution in [-0.4, -0.2) is 23.2 Å². The SMILES string of the molecule is NCC[C@]1(c2ccccn2)C[C@@H]1CO. The molecule has 1 aliphatic carbocycles. The molecule has 1 aromatic heterocycles. The maximum atomic E-state index is 9.16. The fraction of sp³-hybridized carbons (Fsp3) is 0.545. The van der Waals surface area contributed by atoms with Gasteiger partial charge in [-0.25, -0.2) is 0 Å². The summed E-state index contributed by atoms with van der Waals surface area (Å²) >= 11 is 0. The summed E-state index contributed by atoms with van der Waals surface area (Å²) in [6.07, 6.45) is 3.76. The van der Waals surface area contributed by atoms with E-state index in [-0.39, 0.29) is 12.0 Å². The van der Waals surface area contributed by atoms with Crippen LogP contribution in [0.5, 0.6) is 0 Å². The summed E-state index contributed by atoms with van der Waals surface area (Å²) in [7, 11) is 0. The van der Waals surface area contributed by atoms with Crippen molar-refractivity contribution in [3.8, 4) is 0 Å². The van der Waals surface area contributed by atoms with Gasteiger partial charge in [0, 0.05) is 23.9 Å². The van der Waals surface area contributed by atoms with Crippen LogP contribution in [0.15, 0.2) is 24.4 Å². The molecule has 3 N–H and O–H groups in total. The Hall–Kier alpha value is -0.930. The molecule has 1 fully saturated rings. The topological polar surface area (TPSA) is 59.1 Å². The lowest BCUT2D eigenvalue weighted by molar-refractivity contribution is 0.261. The van der Waals surface area contributed by atoms with E-state index in [9.17, 15) is 0 Å². The Morgan fingerprint density at radius 1 is 1.57 bits per heavy atom. The molecule has 0 amide bonds. The van der Waals surface area contributed by atoms with Crippen molar-refractivity contribution in [2.45, 2.75) is 18.3 Å². The Morgan fingerprint density at radius 3 is 2.93 bits per heavy atom. The Bertz CT molecular complexity index is 301. The maximum Gasteiger partial charge on any atom is 0.0469 e. The lowest BCUT2D eigenvalue weighted by atomic mass is 9.94. The minimum atomic E-state index is 0.0742. The predicted octanol–water partition coefficient (Wildman–Crippen LogP) is 0.680. The molecule has 0 saturated heterocycles. The quantitative estimate of drug-likeness (QED) is 0.737. The zero-order valence-corrected chi connectivity index (χ0v) is 8.19. The Labute approximate surface area is 84.0 Å². The number of nitrogens with zero attached hydrogens (tertiary/aromatic N) is 1. The van der Waals surface area contributed by atoms with Crippen molar-refractivity contribution in [3.63, 3.8) is 0 Å². The highest BCUT2D eigenvalue weighted by Crippen LogP contribution is 2.55. The van der Waals surface area contributed by atoms with Gasteiger partial charge in [0.2, 0.25) is 0 Å². The molecule has 0 bridgehead atoms. The summed E-state index contributed by atoms with van der Waals surface area (Å²) in [4.78, 5) is 4.36. The van der Waals surface area contributed by atoms with Crippen LogP contribution in [0.3, 0.4) is 0 Å². The van der Waals surface area contributed by atoms with Crippen molar-refractivity contribution in [1.82, 2.24) is 4.98 Å². The summed E-state index contributed by atoms with van der Waals surface area (Å²) in [5, 5.41) is 9.16. The molecule has 0 aliphatic heterocycles. The van der Waals surface area contributed by atoms with Crippen molar-refractivity contribution in [1.29, 1.82) is 0 Å². The Morgan fingerprint density at radius 2 is 2.43 bits per heavy atom.